The number of H-pyrrole nitrogens is 1. The molecule has 172 valence electrons. The van der Waals surface area contributed by atoms with Gasteiger partial charge in [0.15, 0.2) is 5.82 Å². The van der Waals surface area contributed by atoms with E-state index in [1.54, 1.807) is 0 Å². The van der Waals surface area contributed by atoms with Crippen molar-refractivity contribution >= 4 is 98.7 Å². The van der Waals surface area contributed by atoms with Gasteiger partial charge in [-0.1, -0.05) is 69.6 Å². The summed E-state index contributed by atoms with van der Waals surface area (Å²) in [6.07, 6.45) is 0.362. The predicted molar refractivity (Wildman–Crippen MR) is 132 cm³/mol. The molecule has 3 aromatic rings. The summed E-state index contributed by atoms with van der Waals surface area (Å²) in [5, 5.41) is 20.6. The summed E-state index contributed by atoms with van der Waals surface area (Å²) in [6, 6.07) is 5.96. The molecular formula is C19H13Cl6N7O. The number of azo groups is 2. The first kappa shape index (κ1) is 25.7. The highest BCUT2D eigenvalue weighted by Crippen LogP contribution is 2.38. The van der Waals surface area contributed by atoms with Crippen molar-refractivity contribution in [2.45, 2.75) is 13.3 Å². The average molecular weight is 568 g/mol. The van der Waals surface area contributed by atoms with Crippen molar-refractivity contribution in [2.75, 3.05) is 6.54 Å². The predicted octanol–water partition coefficient (Wildman–Crippen LogP) is 8.84. The summed E-state index contributed by atoms with van der Waals surface area (Å²) in [5.74, 6) is 0.131. The average Bonchev–Trinajstić information content (AvgIpc) is 3.08. The number of rotatable bonds is 7. The quantitative estimate of drug-likeness (QED) is 0.278. The third-order valence-corrected chi connectivity index (χ3v) is 5.54. The van der Waals surface area contributed by atoms with Crippen LogP contribution in [0, 0.1) is 0 Å². The van der Waals surface area contributed by atoms with E-state index in [0.29, 0.717) is 28.7 Å². The minimum absolute atomic E-state index is 0.108. The van der Waals surface area contributed by atoms with Gasteiger partial charge >= 0.3 is 0 Å². The Morgan fingerprint density at radius 3 is 1.82 bits per heavy atom. The second-order valence-electron chi connectivity index (χ2n) is 6.43. The van der Waals surface area contributed by atoms with E-state index >= 15 is 0 Å². The first-order valence-corrected chi connectivity index (χ1v) is 11.4. The van der Waals surface area contributed by atoms with Gasteiger partial charge in [-0.3, -0.25) is 4.79 Å². The standard InChI is InChI=1S/C19H13Cl6N7O/c1-8(33)26-3-2-15-18(31-29-16-11(22)4-9(20)5-12(16)23)28-19(27-15)32-30-17-13(24)6-10(21)7-14(17)25/h4-7H,2-3H2,1H3,(H,26,33)(H,27,28). The van der Waals surface area contributed by atoms with E-state index in [0.717, 1.165) is 0 Å². The van der Waals surface area contributed by atoms with Crippen molar-refractivity contribution in [1.82, 2.24) is 15.3 Å². The minimum Gasteiger partial charge on any atom is -0.356 e. The van der Waals surface area contributed by atoms with E-state index in [2.05, 4.69) is 35.7 Å². The highest BCUT2D eigenvalue weighted by molar-refractivity contribution is 6.42. The zero-order valence-corrected chi connectivity index (χ0v) is 21.2. The molecule has 0 unspecified atom stereocenters. The van der Waals surface area contributed by atoms with Crippen molar-refractivity contribution in [3.63, 3.8) is 0 Å². The molecule has 1 amide bonds. The number of nitrogens with one attached hydrogen (secondary N) is 2. The van der Waals surface area contributed by atoms with Crippen LogP contribution in [0.5, 0.6) is 0 Å². The van der Waals surface area contributed by atoms with Gasteiger partial charge in [-0.25, -0.2) is 0 Å². The maximum absolute atomic E-state index is 11.2. The van der Waals surface area contributed by atoms with E-state index in [-0.39, 0.29) is 49.1 Å². The van der Waals surface area contributed by atoms with E-state index in [4.69, 9.17) is 69.6 Å². The zero-order valence-electron chi connectivity index (χ0n) is 16.6. The Labute approximate surface area is 218 Å². The van der Waals surface area contributed by atoms with Crippen LogP contribution in [0.15, 0.2) is 44.7 Å². The fraction of sp³-hybridized carbons (Fsp3) is 0.158. The van der Waals surface area contributed by atoms with Crippen LogP contribution in [0.3, 0.4) is 0 Å². The number of nitrogens with zero attached hydrogens (tertiary/aromatic N) is 5. The number of imidazole rings is 1. The SMILES string of the molecule is CC(=O)NCCc1[nH]c(N=Nc2c(Cl)cc(Cl)cc2Cl)nc1N=Nc1c(Cl)cc(Cl)cc1Cl. The number of amides is 1. The van der Waals surface area contributed by atoms with Gasteiger partial charge in [0.05, 0.1) is 25.8 Å². The van der Waals surface area contributed by atoms with Crippen molar-refractivity contribution in [2.24, 2.45) is 20.5 Å². The molecule has 0 aliphatic heterocycles. The largest absolute Gasteiger partial charge is 0.356 e. The molecule has 0 saturated carbocycles. The second kappa shape index (κ2) is 11.5. The van der Waals surface area contributed by atoms with Crippen LogP contribution < -0.4 is 5.32 Å². The summed E-state index contributed by atoms with van der Waals surface area (Å²) < 4.78 is 0. The molecule has 0 aliphatic carbocycles. The molecule has 0 bridgehead atoms. The van der Waals surface area contributed by atoms with Crippen LogP contribution in [0.2, 0.25) is 30.1 Å². The summed E-state index contributed by atoms with van der Waals surface area (Å²) in [4.78, 5) is 18.5. The first-order chi connectivity index (χ1) is 15.6. The van der Waals surface area contributed by atoms with Crippen molar-refractivity contribution in [3.8, 4) is 0 Å². The number of aromatic amines is 1. The molecule has 3 rings (SSSR count). The van der Waals surface area contributed by atoms with Crippen LogP contribution in [0.25, 0.3) is 0 Å². The van der Waals surface area contributed by atoms with Crippen LogP contribution in [0.4, 0.5) is 23.1 Å². The van der Waals surface area contributed by atoms with Crippen LogP contribution >= 0.6 is 69.6 Å². The zero-order chi connectivity index (χ0) is 24.1. The second-order valence-corrected chi connectivity index (χ2v) is 8.93. The number of carbonyl (C=O) groups is 1. The Balaban J connectivity index is 1.93. The van der Waals surface area contributed by atoms with Gasteiger partial charge in [-0.15, -0.1) is 20.5 Å². The molecule has 14 heteroatoms. The molecule has 2 N–H and O–H groups in total. The van der Waals surface area contributed by atoms with Crippen LogP contribution in [-0.2, 0) is 11.2 Å². The minimum atomic E-state index is -0.177. The highest BCUT2D eigenvalue weighted by Gasteiger charge is 2.13. The number of carbonyl (C=O) groups excluding carboxylic acids is 1. The highest BCUT2D eigenvalue weighted by atomic mass is 35.5. The molecule has 0 spiro atoms. The number of aromatic nitrogens is 2. The monoisotopic (exact) mass is 565 g/mol. The first-order valence-electron chi connectivity index (χ1n) is 9.10. The van der Waals surface area contributed by atoms with E-state index in [9.17, 15) is 4.79 Å². The van der Waals surface area contributed by atoms with Gasteiger partial charge in [0.1, 0.15) is 11.4 Å². The third kappa shape index (κ3) is 7.02. The Kier molecular flexibility index (Phi) is 8.92. The van der Waals surface area contributed by atoms with Crippen molar-refractivity contribution < 1.29 is 4.79 Å². The molecule has 0 atom stereocenters. The Morgan fingerprint density at radius 2 is 1.33 bits per heavy atom. The lowest BCUT2D eigenvalue weighted by molar-refractivity contribution is -0.118. The summed E-state index contributed by atoms with van der Waals surface area (Å²) in [6.45, 7) is 1.74. The lowest BCUT2D eigenvalue weighted by Crippen LogP contribution is -2.22. The van der Waals surface area contributed by atoms with Gasteiger partial charge in [-0.2, -0.15) is 4.98 Å². The fourth-order valence-electron chi connectivity index (χ4n) is 2.51. The Bertz CT molecular complexity index is 1210. The van der Waals surface area contributed by atoms with Crippen molar-refractivity contribution in [3.05, 3.63) is 60.1 Å². The smallest absolute Gasteiger partial charge is 0.249 e. The fourth-order valence-corrected chi connectivity index (χ4v) is 4.29. The summed E-state index contributed by atoms with van der Waals surface area (Å²) >= 11 is 36.4. The molecule has 2 aromatic carbocycles. The lowest BCUT2D eigenvalue weighted by Gasteiger charge is -2.02. The van der Waals surface area contributed by atoms with Crippen LogP contribution in [-0.4, -0.2) is 22.4 Å². The molecule has 0 aliphatic rings. The number of halogens is 6. The van der Waals surface area contributed by atoms with E-state index in [1.807, 2.05) is 0 Å². The molecule has 33 heavy (non-hydrogen) atoms. The normalized spacial score (nSPS) is 11.6. The maximum Gasteiger partial charge on any atom is 0.249 e. The maximum atomic E-state index is 11.2. The number of hydrogen-bond acceptors (Lipinski definition) is 6. The Hall–Kier alpha value is -1.94. The van der Waals surface area contributed by atoms with E-state index < -0.39 is 0 Å². The van der Waals surface area contributed by atoms with Gasteiger partial charge in [-0.05, 0) is 24.3 Å². The summed E-state index contributed by atoms with van der Waals surface area (Å²) in [7, 11) is 0. The molecule has 0 fully saturated rings. The molecule has 0 radical (unpaired) electrons. The number of benzene rings is 2. The van der Waals surface area contributed by atoms with Crippen molar-refractivity contribution in [1.29, 1.82) is 0 Å². The molecular weight excluding hydrogens is 555 g/mol. The topological polar surface area (TPSA) is 107 Å². The molecule has 1 heterocycles. The van der Waals surface area contributed by atoms with Gasteiger partial charge < -0.3 is 10.3 Å². The number of hydrogen-bond donors (Lipinski definition) is 2. The van der Waals surface area contributed by atoms with E-state index in [1.165, 1.54) is 31.2 Å². The van der Waals surface area contributed by atoms with Gasteiger partial charge in [0.2, 0.25) is 11.9 Å². The van der Waals surface area contributed by atoms with Gasteiger partial charge in [0.25, 0.3) is 0 Å². The Morgan fingerprint density at radius 1 is 0.848 bits per heavy atom. The molecule has 8 nitrogen and oxygen atoms in total. The summed E-state index contributed by atoms with van der Waals surface area (Å²) in [5.41, 5.74) is 0.985. The lowest BCUT2D eigenvalue weighted by atomic mass is 10.3. The van der Waals surface area contributed by atoms with Gasteiger partial charge in [0, 0.05) is 29.9 Å². The third-order valence-electron chi connectivity index (χ3n) is 3.95. The van der Waals surface area contributed by atoms with Crippen LogP contribution in [0.1, 0.15) is 12.6 Å². The molecule has 0 saturated heterocycles. The molecule has 1 aromatic heterocycles.